The fourth-order valence-corrected chi connectivity index (χ4v) is 4.16. The Kier molecular flexibility index (Phi) is 6.31. The van der Waals surface area contributed by atoms with Gasteiger partial charge in [-0.15, -0.1) is 11.3 Å². The van der Waals surface area contributed by atoms with Crippen molar-refractivity contribution in [1.82, 2.24) is 4.72 Å². The summed E-state index contributed by atoms with van der Waals surface area (Å²) in [5, 5.41) is 17.6. The number of hydrogen-bond donors (Lipinski definition) is 3. The molecule has 1 atom stereocenters. The molecule has 7 nitrogen and oxygen atoms in total. The molecule has 0 saturated heterocycles. The van der Waals surface area contributed by atoms with Gasteiger partial charge in [-0.1, -0.05) is 6.92 Å². The summed E-state index contributed by atoms with van der Waals surface area (Å²) < 4.78 is 26.4. The monoisotopic (exact) mass is 335 g/mol. The van der Waals surface area contributed by atoms with E-state index in [0.29, 0.717) is 6.42 Å². The van der Waals surface area contributed by atoms with Crippen molar-refractivity contribution in [2.24, 2.45) is 0 Å². The van der Waals surface area contributed by atoms with E-state index in [0.717, 1.165) is 16.2 Å². The number of rotatable bonds is 9. The standard InChI is InChI=1S/C12H17NO6S2/c1-2-8-6-7-11(20-8)21(18,19)13-9(12(16)17)4-3-5-10(14)15/h6-7,9,13H,2-5H2,1H3,(H,14,15)(H,16,17)/t9-/m1/s1. The molecule has 0 aliphatic heterocycles. The minimum Gasteiger partial charge on any atom is -0.481 e. The number of carboxylic acids is 2. The molecular formula is C12H17NO6S2. The largest absolute Gasteiger partial charge is 0.481 e. The lowest BCUT2D eigenvalue weighted by atomic mass is 10.1. The Hall–Kier alpha value is -1.45. The van der Waals surface area contributed by atoms with E-state index in [1.807, 2.05) is 6.92 Å². The lowest BCUT2D eigenvalue weighted by molar-refractivity contribution is -0.140. The highest BCUT2D eigenvalue weighted by molar-refractivity contribution is 7.91. The second kappa shape index (κ2) is 7.53. The molecule has 0 spiro atoms. The molecule has 1 aromatic heterocycles. The summed E-state index contributed by atoms with van der Waals surface area (Å²) in [6.07, 6.45) is 0.498. The van der Waals surface area contributed by atoms with Gasteiger partial charge < -0.3 is 10.2 Å². The number of nitrogens with one attached hydrogen (secondary N) is 1. The third-order valence-corrected chi connectivity index (χ3v) is 5.92. The lowest BCUT2D eigenvalue weighted by Crippen LogP contribution is -2.40. The highest BCUT2D eigenvalue weighted by Gasteiger charge is 2.26. The number of aliphatic carboxylic acids is 2. The SMILES string of the molecule is CCc1ccc(S(=O)(=O)N[C@H](CCCC(=O)O)C(=O)O)s1. The molecule has 21 heavy (non-hydrogen) atoms. The van der Waals surface area contributed by atoms with Crippen LogP contribution in [-0.2, 0) is 26.0 Å². The van der Waals surface area contributed by atoms with Gasteiger partial charge in [-0.05, 0) is 31.4 Å². The fourth-order valence-electron chi connectivity index (χ4n) is 1.63. The molecule has 0 fully saturated rings. The van der Waals surface area contributed by atoms with Crippen LogP contribution in [0.1, 0.15) is 31.1 Å². The number of aryl methyl sites for hydroxylation is 1. The van der Waals surface area contributed by atoms with Gasteiger partial charge in [0.15, 0.2) is 0 Å². The highest BCUT2D eigenvalue weighted by atomic mass is 32.2. The van der Waals surface area contributed by atoms with Crippen molar-refractivity contribution in [3.63, 3.8) is 0 Å². The molecule has 0 unspecified atom stereocenters. The van der Waals surface area contributed by atoms with E-state index in [1.165, 1.54) is 6.07 Å². The molecule has 0 aromatic carbocycles. The van der Waals surface area contributed by atoms with Crippen molar-refractivity contribution < 1.29 is 28.2 Å². The second-order valence-corrected chi connectivity index (χ2v) is 7.48. The molecule has 9 heteroatoms. The first-order chi connectivity index (χ1) is 9.76. The molecule has 1 rings (SSSR count). The summed E-state index contributed by atoms with van der Waals surface area (Å²) >= 11 is 1.08. The van der Waals surface area contributed by atoms with Gasteiger partial charge in [0.05, 0.1) is 0 Å². The van der Waals surface area contributed by atoms with Gasteiger partial charge in [-0.25, -0.2) is 8.42 Å². The third kappa shape index (κ3) is 5.44. The van der Waals surface area contributed by atoms with Gasteiger partial charge in [-0.3, -0.25) is 9.59 Å². The van der Waals surface area contributed by atoms with Gasteiger partial charge in [0, 0.05) is 11.3 Å². The van der Waals surface area contributed by atoms with E-state index in [1.54, 1.807) is 6.07 Å². The van der Waals surface area contributed by atoms with Crippen molar-refractivity contribution in [3.8, 4) is 0 Å². The first-order valence-electron chi connectivity index (χ1n) is 6.32. The summed E-state index contributed by atoms with van der Waals surface area (Å²) in [7, 11) is -3.90. The predicted molar refractivity (Wildman–Crippen MR) is 76.9 cm³/mol. The smallest absolute Gasteiger partial charge is 0.321 e. The zero-order valence-electron chi connectivity index (χ0n) is 11.4. The van der Waals surface area contributed by atoms with Gasteiger partial charge in [0.2, 0.25) is 0 Å². The molecule has 0 bridgehead atoms. The van der Waals surface area contributed by atoms with E-state index < -0.39 is 28.0 Å². The number of carboxylic acid groups (broad SMARTS) is 2. The predicted octanol–water partition coefficient (Wildman–Crippen LogP) is 1.30. The molecule has 0 amide bonds. The second-order valence-electron chi connectivity index (χ2n) is 4.37. The third-order valence-electron chi connectivity index (χ3n) is 2.73. The summed E-state index contributed by atoms with van der Waals surface area (Å²) in [6, 6.07) is 1.78. The van der Waals surface area contributed by atoms with Gasteiger partial charge >= 0.3 is 11.9 Å². The fraction of sp³-hybridized carbons (Fsp3) is 0.500. The Morgan fingerprint density at radius 3 is 2.48 bits per heavy atom. The van der Waals surface area contributed by atoms with Crippen LogP contribution in [0.4, 0.5) is 0 Å². The first kappa shape index (κ1) is 17.6. The van der Waals surface area contributed by atoms with Crippen molar-refractivity contribution in [2.45, 2.75) is 42.9 Å². The van der Waals surface area contributed by atoms with Crippen LogP contribution in [-0.4, -0.2) is 36.6 Å². The van der Waals surface area contributed by atoms with Crippen LogP contribution in [0.3, 0.4) is 0 Å². The van der Waals surface area contributed by atoms with Crippen LogP contribution in [0.5, 0.6) is 0 Å². The Balaban J connectivity index is 2.77. The average molecular weight is 335 g/mol. The summed E-state index contributed by atoms with van der Waals surface area (Å²) in [5.41, 5.74) is 0. The minimum atomic E-state index is -3.90. The molecule has 0 aliphatic rings. The normalized spacial score (nSPS) is 13.0. The van der Waals surface area contributed by atoms with Crippen LogP contribution >= 0.6 is 11.3 Å². The van der Waals surface area contributed by atoms with Crippen molar-refractivity contribution in [1.29, 1.82) is 0 Å². The van der Waals surface area contributed by atoms with Gasteiger partial charge in [0.1, 0.15) is 10.3 Å². The maximum atomic E-state index is 12.1. The number of sulfonamides is 1. The lowest BCUT2D eigenvalue weighted by Gasteiger charge is -2.13. The first-order valence-corrected chi connectivity index (χ1v) is 8.62. The van der Waals surface area contributed by atoms with E-state index >= 15 is 0 Å². The number of thiophene rings is 1. The van der Waals surface area contributed by atoms with E-state index in [2.05, 4.69) is 4.72 Å². The maximum absolute atomic E-state index is 12.1. The summed E-state index contributed by atoms with van der Waals surface area (Å²) in [5.74, 6) is -2.37. The molecular weight excluding hydrogens is 318 g/mol. The van der Waals surface area contributed by atoms with Gasteiger partial charge in [-0.2, -0.15) is 4.72 Å². The molecule has 0 saturated carbocycles. The Morgan fingerprint density at radius 2 is 2.00 bits per heavy atom. The molecule has 0 radical (unpaired) electrons. The zero-order chi connectivity index (χ0) is 16.0. The zero-order valence-corrected chi connectivity index (χ0v) is 13.0. The summed E-state index contributed by atoms with van der Waals surface area (Å²) in [4.78, 5) is 22.4. The maximum Gasteiger partial charge on any atom is 0.321 e. The van der Waals surface area contributed by atoms with E-state index in [4.69, 9.17) is 10.2 Å². The minimum absolute atomic E-state index is 0.0591. The quantitative estimate of drug-likeness (QED) is 0.625. The van der Waals surface area contributed by atoms with Crippen LogP contribution in [0.25, 0.3) is 0 Å². The van der Waals surface area contributed by atoms with E-state index in [9.17, 15) is 18.0 Å². The van der Waals surface area contributed by atoms with Crippen LogP contribution < -0.4 is 4.72 Å². The highest BCUT2D eigenvalue weighted by Crippen LogP contribution is 2.22. The molecule has 1 heterocycles. The molecule has 0 aliphatic carbocycles. The number of hydrogen-bond acceptors (Lipinski definition) is 5. The Bertz CT molecular complexity index is 607. The van der Waals surface area contributed by atoms with Crippen molar-refractivity contribution in [3.05, 3.63) is 17.0 Å². The van der Waals surface area contributed by atoms with Gasteiger partial charge in [0.25, 0.3) is 10.0 Å². The van der Waals surface area contributed by atoms with Crippen molar-refractivity contribution >= 4 is 33.3 Å². The van der Waals surface area contributed by atoms with Crippen LogP contribution in [0.2, 0.25) is 0 Å². The average Bonchev–Trinajstić information content (AvgIpc) is 2.86. The Labute approximate surface area is 126 Å². The van der Waals surface area contributed by atoms with Crippen LogP contribution in [0, 0.1) is 0 Å². The topological polar surface area (TPSA) is 121 Å². The molecule has 118 valence electrons. The molecule has 1 aromatic rings. The van der Waals surface area contributed by atoms with E-state index in [-0.39, 0.29) is 23.5 Å². The molecule has 3 N–H and O–H groups in total. The summed E-state index contributed by atoms with van der Waals surface area (Å²) in [6.45, 7) is 1.89. The Morgan fingerprint density at radius 1 is 1.33 bits per heavy atom. The van der Waals surface area contributed by atoms with Crippen molar-refractivity contribution in [2.75, 3.05) is 0 Å². The number of carbonyl (C=O) groups is 2. The van der Waals surface area contributed by atoms with Crippen LogP contribution in [0.15, 0.2) is 16.3 Å².